The highest BCUT2D eigenvalue weighted by Gasteiger charge is 2.26. The van der Waals surface area contributed by atoms with E-state index in [1.807, 2.05) is 61.5 Å². The Morgan fingerprint density at radius 2 is 1.62 bits per heavy atom. The molecular formula is C24H16ClN3O. The van der Waals surface area contributed by atoms with Crippen LogP contribution in [0.5, 0.6) is 0 Å². The van der Waals surface area contributed by atoms with E-state index in [4.69, 9.17) is 11.6 Å². The molecule has 0 radical (unpaired) electrons. The van der Waals surface area contributed by atoms with Gasteiger partial charge >= 0.3 is 0 Å². The van der Waals surface area contributed by atoms with E-state index in [0.717, 1.165) is 11.1 Å². The lowest BCUT2D eigenvalue weighted by Crippen LogP contribution is -2.06. The molecule has 0 saturated heterocycles. The van der Waals surface area contributed by atoms with Gasteiger partial charge in [0.15, 0.2) is 11.5 Å². The van der Waals surface area contributed by atoms with Crippen molar-refractivity contribution in [3.63, 3.8) is 0 Å². The third kappa shape index (κ3) is 3.56. The first-order valence-corrected chi connectivity index (χ1v) is 9.42. The standard InChI is InChI=1S/C24H16ClN3O/c1-16-7-9-17(10-8-16)23-22(24(29)18-11-13-19(25)14-12-18)21(15-26)28(27-23)20-5-3-2-4-6-20/h2-14H,1H3. The SMILES string of the molecule is Cc1ccc(-c2nn(-c3ccccc3)c(C#N)c2C(=O)c2ccc(Cl)cc2)cc1. The van der Waals surface area contributed by atoms with Crippen molar-refractivity contribution in [1.29, 1.82) is 5.26 Å². The third-order valence-corrected chi connectivity index (χ3v) is 4.90. The van der Waals surface area contributed by atoms with Crippen LogP contribution in [0.3, 0.4) is 0 Å². The molecule has 4 rings (SSSR count). The number of carbonyl (C=O) groups excluding carboxylic acids is 1. The number of para-hydroxylation sites is 1. The van der Waals surface area contributed by atoms with Gasteiger partial charge in [-0.05, 0) is 43.3 Å². The molecule has 0 unspecified atom stereocenters. The number of aryl methyl sites for hydroxylation is 1. The first kappa shape index (κ1) is 18.7. The molecule has 0 saturated carbocycles. The van der Waals surface area contributed by atoms with Crippen LogP contribution in [0, 0.1) is 18.3 Å². The fraction of sp³-hybridized carbons (Fsp3) is 0.0417. The van der Waals surface area contributed by atoms with E-state index >= 15 is 0 Å². The van der Waals surface area contributed by atoms with E-state index in [1.54, 1.807) is 24.3 Å². The van der Waals surface area contributed by atoms with Gasteiger partial charge in [0, 0.05) is 16.1 Å². The Hall–Kier alpha value is -3.68. The Balaban J connectivity index is 1.97. The van der Waals surface area contributed by atoms with Crippen molar-refractivity contribution in [2.24, 2.45) is 0 Å². The maximum atomic E-state index is 13.4. The number of nitriles is 1. The zero-order chi connectivity index (χ0) is 20.4. The van der Waals surface area contributed by atoms with Gasteiger partial charge in [-0.2, -0.15) is 10.4 Å². The number of ketones is 1. The number of aromatic nitrogens is 2. The number of halogens is 1. The molecule has 4 nitrogen and oxygen atoms in total. The second-order valence-corrected chi connectivity index (χ2v) is 7.07. The molecule has 140 valence electrons. The van der Waals surface area contributed by atoms with Gasteiger partial charge in [-0.25, -0.2) is 4.68 Å². The minimum atomic E-state index is -0.268. The average molecular weight is 398 g/mol. The summed E-state index contributed by atoms with van der Waals surface area (Å²) < 4.78 is 1.53. The van der Waals surface area contributed by atoms with Crippen molar-refractivity contribution in [3.8, 4) is 23.0 Å². The summed E-state index contributed by atoms with van der Waals surface area (Å²) in [6.45, 7) is 1.99. The molecule has 0 aliphatic heterocycles. The Morgan fingerprint density at radius 3 is 2.24 bits per heavy atom. The second kappa shape index (κ2) is 7.75. The molecule has 1 aromatic heterocycles. The van der Waals surface area contributed by atoms with Gasteiger partial charge < -0.3 is 0 Å². The highest BCUT2D eigenvalue weighted by Crippen LogP contribution is 2.30. The topological polar surface area (TPSA) is 58.7 Å². The predicted molar refractivity (Wildman–Crippen MR) is 113 cm³/mol. The Labute approximate surface area is 173 Å². The Kier molecular flexibility index (Phi) is 4.99. The molecule has 0 aliphatic carbocycles. The van der Waals surface area contributed by atoms with Gasteiger partial charge in [0.05, 0.1) is 11.3 Å². The van der Waals surface area contributed by atoms with E-state index in [9.17, 15) is 10.1 Å². The smallest absolute Gasteiger partial charge is 0.198 e. The molecule has 1 heterocycles. The van der Waals surface area contributed by atoms with Crippen LogP contribution in [0.4, 0.5) is 0 Å². The van der Waals surface area contributed by atoms with Crippen molar-refractivity contribution < 1.29 is 4.79 Å². The number of benzene rings is 3. The van der Waals surface area contributed by atoms with Crippen LogP contribution in [0.25, 0.3) is 16.9 Å². The van der Waals surface area contributed by atoms with Gasteiger partial charge in [0.25, 0.3) is 0 Å². The first-order valence-electron chi connectivity index (χ1n) is 9.04. The lowest BCUT2D eigenvalue weighted by Gasteiger charge is -2.04. The summed E-state index contributed by atoms with van der Waals surface area (Å²) in [7, 11) is 0. The molecule has 3 aromatic carbocycles. The fourth-order valence-corrected chi connectivity index (χ4v) is 3.28. The van der Waals surface area contributed by atoms with Gasteiger partial charge in [0.2, 0.25) is 0 Å². The summed E-state index contributed by atoms with van der Waals surface area (Å²) in [4.78, 5) is 13.4. The Morgan fingerprint density at radius 1 is 0.966 bits per heavy atom. The second-order valence-electron chi connectivity index (χ2n) is 6.63. The van der Waals surface area contributed by atoms with E-state index in [0.29, 0.717) is 22.0 Å². The molecule has 5 heteroatoms. The van der Waals surface area contributed by atoms with Crippen molar-refractivity contribution in [2.45, 2.75) is 6.92 Å². The molecule has 0 atom stereocenters. The maximum Gasteiger partial charge on any atom is 0.198 e. The normalized spacial score (nSPS) is 10.5. The number of hydrogen-bond donors (Lipinski definition) is 0. The average Bonchev–Trinajstić information content (AvgIpc) is 3.14. The number of hydrogen-bond acceptors (Lipinski definition) is 3. The van der Waals surface area contributed by atoms with Crippen LogP contribution >= 0.6 is 11.6 Å². The molecule has 29 heavy (non-hydrogen) atoms. The highest BCUT2D eigenvalue weighted by atomic mass is 35.5. The van der Waals surface area contributed by atoms with Gasteiger partial charge in [0.1, 0.15) is 11.8 Å². The van der Waals surface area contributed by atoms with Crippen molar-refractivity contribution in [3.05, 3.63) is 106 Å². The van der Waals surface area contributed by atoms with Crippen LogP contribution in [0.1, 0.15) is 27.2 Å². The molecule has 0 amide bonds. The molecule has 0 spiro atoms. The summed E-state index contributed by atoms with van der Waals surface area (Å²) in [6.07, 6.45) is 0. The molecule has 4 aromatic rings. The monoisotopic (exact) mass is 397 g/mol. The van der Waals surface area contributed by atoms with E-state index in [1.165, 1.54) is 4.68 Å². The van der Waals surface area contributed by atoms with E-state index in [-0.39, 0.29) is 17.0 Å². The first-order chi connectivity index (χ1) is 14.1. The fourth-order valence-electron chi connectivity index (χ4n) is 3.15. The molecule has 0 fully saturated rings. The van der Waals surface area contributed by atoms with Gasteiger partial charge in [-0.1, -0.05) is 59.6 Å². The van der Waals surface area contributed by atoms with Crippen LogP contribution in [-0.2, 0) is 0 Å². The molecule has 0 bridgehead atoms. The van der Waals surface area contributed by atoms with Crippen molar-refractivity contribution >= 4 is 17.4 Å². The summed E-state index contributed by atoms with van der Waals surface area (Å²) in [5.41, 5.74) is 4.00. The quantitative estimate of drug-likeness (QED) is 0.421. The number of rotatable bonds is 4. The van der Waals surface area contributed by atoms with E-state index in [2.05, 4.69) is 11.2 Å². The minimum absolute atomic E-state index is 0.201. The molecule has 0 aliphatic rings. The zero-order valence-corrected chi connectivity index (χ0v) is 16.4. The Bertz CT molecular complexity index is 1220. The summed E-state index contributed by atoms with van der Waals surface area (Å²) in [5.74, 6) is -0.268. The third-order valence-electron chi connectivity index (χ3n) is 4.65. The number of nitrogens with zero attached hydrogens (tertiary/aromatic N) is 3. The summed E-state index contributed by atoms with van der Waals surface area (Å²) >= 11 is 5.97. The van der Waals surface area contributed by atoms with Crippen molar-refractivity contribution in [1.82, 2.24) is 9.78 Å². The van der Waals surface area contributed by atoms with Gasteiger partial charge in [-0.3, -0.25) is 4.79 Å². The lowest BCUT2D eigenvalue weighted by atomic mass is 9.97. The van der Waals surface area contributed by atoms with Crippen LogP contribution < -0.4 is 0 Å². The predicted octanol–water partition coefficient (Wildman–Crippen LogP) is 5.60. The van der Waals surface area contributed by atoms with Crippen molar-refractivity contribution in [2.75, 3.05) is 0 Å². The van der Waals surface area contributed by atoms with E-state index < -0.39 is 0 Å². The minimum Gasteiger partial charge on any atom is -0.288 e. The summed E-state index contributed by atoms with van der Waals surface area (Å²) in [5, 5.41) is 15.1. The molecule has 0 N–H and O–H groups in total. The zero-order valence-electron chi connectivity index (χ0n) is 15.6. The van der Waals surface area contributed by atoms with Gasteiger partial charge in [-0.15, -0.1) is 0 Å². The number of carbonyl (C=O) groups is 1. The maximum absolute atomic E-state index is 13.4. The van der Waals surface area contributed by atoms with Crippen LogP contribution in [0.2, 0.25) is 5.02 Å². The van der Waals surface area contributed by atoms with Crippen LogP contribution in [0.15, 0.2) is 78.9 Å². The summed E-state index contributed by atoms with van der Waals surface area (Å²) in [6, 6.07) is 25.9. The van der Waals surface area contributed by atoms with Crippen LogP contribution in [-0.4, -0.2) is 15.6 Å². The lowest BCUT2D eigenvalue weighted by molar-refractivity contribution is 0.103. The molecular weight excluding hydrogens is 382 g/mol. The highest BCUT2D eigenvalue weighted by molar-refractivity contribution is 6.30. The largest absolute Gasteiger partial charge is 0.288 e.